The second-order valence-electron chi connectivity index (χ2n) is 14.8. The van der Waals surface area contributed by atoms with Crippen LogP contribution in [0.15, 0.2) is 127 Å². The van der Waals surface area contributed by atoms with Gasteiger partial charge in [-0.1, -0.05) is 92.7 Å². The summed E-state index contributed by atoms with van der Waals surface area (Å²) in [5.41, 5.74) is 23.6. The third-order valence-electron chi connectivity index (χ3n) is 11.8. The van der Waals surface area contributed by atoms with Gasteiger partial charge < -0.3 is 25.1 Å². The second kappa shape index (κ2) is 9.92. The van der Waals surface area contributed by atoms with Crippen LogP contribution in [0, 0.1) is 0 Å². The van der Waals surface area contributed by atoms with E-state index < -0.39 is 0 Å². The van der Waals surface area contributed by atoms with E-state index >= 15 is 0 Å². The van der Waals surface area contributed by atoms with Crippen LogP contribution in [0.1, 0.15) is 25.3 Å². The fraction of sp³-hybridized carbons (Fsp3) is 0.0667. The van der Waals surface area contributed by atoms with Gasteiger partial charge in [0.2, 0.25) is 0 Å². The first kappa shape index (κ1) is 28.4. The van der Waals surface area contributed by atoms with Crippen molar-refractivity contribution in [1.29, 1.82) is 0 Å². The molecule has 0 fully saturated rings. The van der Waals surface area contributed by atoms with Gasteiger partial charge in [-0.15, -0.1) is 0 Å². The van der Waals surface area contributed by atoms with E-state index in [0.29, 0.717) is 0 Å². The van der Waals surface area contributed by atoms with Crippen molar-refractivity contribution < 1.29 is 9.47 Å². The van der Waals surface area contributed by atoms with E-state index in [2.05, 4.69) is 139 Å². The number of ether oxygens (including phenoxy) is 2. The first-order valence-electron chi connectivity index (χ1n) is 18.2. The highest BCUT2D eigenvalue weighted by Gasteiger charge is 2.46. The second-order valence-corrected chi connectivity index (χ2v) is 14.8. The molecule has 4 aliphatic rings. The van der Waals surface area contributed by atoms with Crippen LogP contribution in [0.5, 0.6) is 23.0 Å². The zero-order valence-electron chi connectivity index (χ0n) is 28.7. The highest BCUT2D eigenvalue weighted by atomic mass is 16.5. The molecule has 52 heavy (non-hydrogen) atoms. The number of nitrogens with zero attached hydrogens (tertiary/aromatic N) is 1. The van der Waals surface area contributed by atoms with E-state index in [1.54, 1.807) is 0 Å². The van der Waals surface area contributed by atoms with Crippen molar-refractivity contribution in [3.05, 3.63) is 133 Å². The molecule has 244 valence electrons. The Bertz CT molecular complexity index is 2910. The van der Waals surface area contributed by atoms with Crippen LogP contribution >= 0.6 is 0 Å². The van der Waals surface area contributed by atoms with Crippen LogP contribution in [0.3, 0.4) is 0 Å². The number of benzene rings is 7. The first-order chi connectivity index (χ1) is 25.6. The lowest BCUT2D eigenvalue weighted by molar-refractivity contribution is 0.450. The van der Waals surface area contributed by atoms with Gasteiger partial charge in [-0.2, -0.15) is 0 Å². The van der Waals surface area contributed by atoms with Crippen molar-refractivity contribution in [2.45, 2.75) is 19.8 Å². The van der Waals surface area contributed by atoms with Crippen molar-refractivity contribution in [3.63, 3.8) is 0 Å². The largest absolute Gasteiger partial charge is 0.458 e. The molecule has 0 unspecified atom stereocenters. The van der Waals surface area contributed by atoms with Crippen LogP contribution in [0.4, 0.5) is 17.1 Å². The van der Waals surface area contributed by atoms with Crippen molar-refractivity contribution in [3.8, 4) is 39.8 Å². The minimum atomic E-state index is -0.0543. The van der Waals surface area contributed by atoms with Crippen molar-refractivity contribution in [2.75, 3.05) is 11.1 Å². The summed E-state index contributed by atoms with van der Waals surface area (Å²) in [6.07, 6.45) is 0. The zero-order valence-corrected chi connectivity index (χ0v) is 28.7. The van der Waals surface area contributed by atoms with Gasteiger partial charge in [-0.3, -0.25) is 0 Å². The molecular formula is C45H31B2N3O2. The van der Waals surface area contributed by atoms with Crippen LogP contribution in [-0.2, 0) is 0 Å². The number of nitrogens with one attached hydrogen (secondary N) is 1. The summed E-state index contributed by atoms with van der Waals surface area (Å²) in [4.78, 5) is 0. The van der Waals surface area contributed by atoms with Crippen molar-refractivity contribution in [1.82, 2.24) is 4.57 Å². The average molecular weight is 667 g/mol. The van der Waals surface area contributed by atoms with E-state index in [0.717, 1.165) is 62.2 Å². The maximum absolute atomic E-state index is 7.15. The summed E-state index contributed by atoms with van der Waals surface area (Å²) < 4.78 is 16.7. The van der Waals surface area contributed by atoms with Gasteiger partial charge in [0, 0.05) is 50.2 Å². The lowest BCUT2D eigenvalue weighted by Gasteiger charge is -2.39. The number of rotatable bonds is 2. The lowest BCUT2D eigenvalue weighted by Crippen LogP contribution is -2.62. The molecule has 7 heteroatoms. The average Bonchev–Trinajstić information content (AvgIpc) is 3.51. The lowest BCUT2D eigenvalue weighted by atomic mass is 9.31. The van der Waals surface area contributed by atoms with E-state index in [1.165, 1.54) is 54.8 Å². The van der Waals surface area contributed by atoms with Gasteiger partial charge in [0.25, 0.3) is 13.4 Å². The Balaban J connectivity index is 1.18. The predicted molar refractivity (Wildman–Crippen MR) is 217 cm³/mol. The summed E-state index contributed by atoms with van der Waals surface area (Å²) in [7, 11) is 0. The Kier molecular flexibility index (Phi) is 5.41. The van der Waals surface area contributed by atoms with Crippen molar-refractivity contribution in [2.24, 2.45) is 0 Å². The van der Waals surface area contributed by atoms with Gasteiger partial charge in [0.15, 0.2) is 0 Å². The first-order valence-corrected chi connectivity index (χ1v) is 18.2. The number of fused-ring (bicyclic) bond motifs is 12. The van der Waals surface area contributed by atoms with E-state index in [9.17, 15) is 0 Å². The molecule has 4 aliphatic heterocycles. The maximum atomic E-state index is 7.15. The third kappa shape index (κ3) is 3.46. The number of nitrogen functional groups attached to an aromatic ring is 1. The number of hydrogen-bond acceptors (Lipinski definition) is 4. The Morgan fingerprint density at radius 1 is 0.615 bits per heavy atom. The minimum absolute atomic E-state index is 0.00783. The number of hydrogen-bond donors (Lipinski definition) is 2. The fourth-order valence-electron chi connectivity index (χ4n) is 9.76. The molecule has 8 aromatic rings. The molecule has 0 aliphatic carbocycles. The summed E-state index contributed by atoms with van der Waals surface area (Å²) in [5, 5.41) is 6.34. The Morgan fingerprint density at radius 2 is 1.29 bits per heavy atom. The van der Waals surface area contributed by atoms with E-state index in [-0.39, 0.29) is 19.3 Å². The number of anilines is 3. The summed E-state index contributed by atoms with van der Waals surface area (Å²) in [5.74, 6) is 3.75. The minimum Gasteiger partial charge on any atom is -0.458 e. The Labute approximate surface area is 301 Å². The van der Waals surface area contributed by atoms with Crippen LogP contribution in [0.2, 0.25) is 0 Å². The predicted octanol–water partition coefficient (Wildman–Crippen LogP) is 6.77. The highest BCUT2D eigenvalue weighted by molar-refractivity contribution is 7.02. The quantitative estimate of drug-likeness (QED) is 0.158. The molecule has 0 spiro atoms. The SMILES string of the molecule is CC(C)c1c2c(cc3c1Oc1ccc4c5ccccc5n5c4c1B3c1ccccc1-5)B1c3ccccc3Nc3c(-c4ccccc4N)ccc(c31)O2. The zero-order chi connectivity index (χ0) is 34.4. The summed E-state index contributed by atoms with van der Waals surface area (Å²) >= 11 is 0. The van der Waals surface area contributed by atoms with Gasteiger partial charge in [0.1, 0.15) is 23.0 Å². The number of aromatic nitrogens is 1. The monoisotopic (exact) mass is 667 g/mol. The molecule has 12 rings (SSSR count). The molecule has 0 saturated heterocycles. The molecule has 0 radical (unpaired) electrons. The van der Waals surface area contributed by atoms with Gasteiger partial charge in [0.05, 0.1) is 11.0 Å². The number of para-hydroxylation sites is 4. The fourth-order valence-corrected chi connectivity index (χ4v) is 9.76. The molecule has 5 nitrogen and oxygen atoms in total. The maximum Gasteiger partial charge on any atom is 0.256 e. The number of nitrogens with two attached hydrogens (primary N) is 1. The van der Waals surface area contributed by atoms with E-state index in [4.69, 9.17) is 15.2 Å². The normalized spacial score (nSPS) is 13.8. The topological polar surface area (TPSA) is 61.4 Å². The van der Waals surface area contributed by atoms with Crippen molar-refractivity contribution >= 4 is 85.1 Å². The van der Waals surface area contributed by atoms with Gasteiger partial charge >= 0.3 is 0 Å². The third-order valence-corrected chi connectivity index (χ3v) is 11.8. The molecule has 3 N–H and O–H groups in total. The molecule has 1 aromatic heterocycles. The van der Waals surface area contributed by atoms with E-state index in [1.807, 2.05) is 12.1 Å². The van der Waals surface area contributed by atoms with Gasteiger partial charge in [-0.05, 0) is 87.2 Å². The molecule has 0 amide bonds. The summed E-state index contributed by atoms with van der Waals surface area (Å²) in [6.45, 7) is 4.45. The van der Waals surface area contributed by atoms with Crippen LogP contribution in [0.25, 0.3) is 38.6 Å². The molecular weight excluding hydrogens is 636 g/mol. The molecule has 7 aromatic carbocycles. The standard InChI is InChI=1S/C45H31B2N3O2/c1-24(2)39-44-31(46-29-13-5-8-16-34(29)49-42-27(19-21-37(51-44)40(42)46)25-11-3-7-15-33(25)48)23-32-45(39)52-38-22-20-28-26-12-4-9-17-35(26)50-36-18-10-6-14-30(36)47(32)41(38)43(28)50/h3-24,49H,48H2,1-2H3. The Hall–Kier alpha value is -6.33. The summed E-state index contributed by atoms with van der Waals surface area (Å²) in [6, 6.07) is 45.6. The van der Waals surface area contributed by atoms with Crippen LogP contribution in [-0.4, -0.2) is 18.0 Å². The Morgan fingerprint density at radius 3 is 2.12 bits per heavy atom. The molecule has 0 atom stereocenters. The smallest absolute Gasteiger partial charge is 0.256 e. The molecule has 0 bridgehead atoms. The highest BCUT2D eigenvalue weighted by Crippen LogP contribution is 2.46. The van der Waals surface area contributed by atoms with Crippen LogP contribution < -0.4 is 53.3 Å². The molecule has 5 heterocycles. The molecule has 0 saturated carbocycles. The van der Waals surface area contributed by atoms with Gasteiger partial charge in [-0.25, -0.2) is 0 Å².